The van der Waals surface area contributed by atoms with Gasteiger partial charge in [-0.3, -0.25) is 4.98 Å². The van der Waals surface area contributed by atoms with Crippen LogP contribution in [0.5, 0.6) is 11.5 Å². The predicted molar refractivity (Wildman–Crippen MR) is 72.1 cm³/mol. The minimum atomic E-state index is 0.391. The lowest BCUT2D eigenvalue weighted by molar-refractivity contribution is 0.481. The first kappa shape index (κ1) is 12.3. The van der Waals surface area contributed by atoms with Crippen molar-refractivity contribution in [3.05, 3.63) is 48.3 Å². The number of alkyl halides is 1. The first-order valence-corrected chi connectivity index (χ1v) is 6.90. The van der Waals surface area contributed by atoms with Crippen molar-refractivity contribution < 1.29 is 4.74 Å². The van der Waals surface area contributed by atoms with Crippen molar-refractivity contribution in [2.24, 2.45) is 0 Å². The topological polar surface area (TPSA) is 22.1 Å². The van der Waals surface area contributed by atoms with E-state index in [0.717, 1.165) is 17.2 Å². The van der Waals surface area contributed by atoms with Crippen LogP contribution >= 0.6 is 23.4 Å². The molecule has 17 heavy (non-hydrogen) atoms. The van der Waals surface area contributed by atoms with Crippen LogP contribution in [0.25, 0.3) is 0 Å². The Kier molecular flexibility index (Phi) is 4.29. The van der Waals surface area contributed by atoms with Crippen molar-refractivity contribution in [1.29, 1.82) is 0 Å². The fourth-order valence-corrected chi connectivity index (χ4v) is 1.93. The predicted octanol–water partition coefficient (Wildman–Crippen LogP) is 4.33. The molecule has 0 amide bonds. The lowest BCUT2D eigenvalue weighted by atomic mass is 10.3. The highest BCUT2D eigenvalue weighted by atomic mass is 35.5. The quantitative estimate of drug-likeness (QED) is 0.607. The van der Waals surface area contributed by atoms with Gasteiger partial charge in [-0.15, -0.1) is 23.4 Å². The molecule has 0 bridgehead atoms. The van der Waals surface area contributed by atoms with E-state index in [0.29, 0.717) is 5.88 Å². The number of hydrogen-bond donors (Lipinski definition) is 0. The zero-order valence-electron chi connectivity index (χ0n) is 9.39. The molecular weight excluding hydrogens is 254 g/mol. The maximum absolute atomic E-state index is 5.72. The molecule has 0 radical (unpaired) electrons. The van der Waals surface area contributed by atoms with Crippen LogP contribution in [0.1, 0.15) is 5.69 Å². The summed E-state index contributed by atoms with van der Waals surface area (Å²) in [5.41, 5.74) is 0.810. The Morgan fingerprint density at radius 3 is 2.59 bits per heavy atom. The monoisotopic (exact) mass is 265 g/mol. The van der Waals surface area contributed by atoms with Gasteiger partial charge in [0.2, 0.25) is 0 Å². The summed E-state index contributed by atoms with van der Waals surface area (Å²) in [7, 11) is 0. The highest BCUT2D eigenvalue weighted by Crippen LogP contribution is 2.24. The summed E-state index contributed by atoms with van der Waals surface area (Å²) in [6, 6.07) is 11.6. The average molecular weight is 266 g/mol. The molecule has 0 saturated heterocycles. The Morgan fingerprint density at radius 2 is 1.94 bits per heavy atom. The van der Waals surface area contributed by atoms with Gasteiger partial charge in [0.15, 0.2) is 0 Å². The Labute approximate surface area is 110 Å². The molecule has 2 nitrogen and oxygen atoms in total. The highest BCUT2D eigenvalue weighted by molar-refractivity contribution is 7.98. The second-order valence-electron chi connectivity index (χ2n) is 3.39. The number of ether oxygens (including phenoxy) is 1. The van der Waals surface area contributed by atoms with Gasteiger partial charge in [0.25, 0.3) is 0 Å². The molecule has 4 heteroatoms. The summed E-state index contributed by atoms with van der Waals surface area (Å²) < 4.78 is 5.71. The normalized spacial score (nSPS) is 10.2. The molecule has 2 rings (SSSR count). The highest BCUT2D eigenvalue weighted by Gasteiger charge is 1.99. The summed E-state index contributed by atoms with van der Waals surface area (Å²) in [6.07, 6.45) is 3.74. The SMILES string of the molecule is CSc1ccc(Oc2ccnc(CCl)c2)cc1. The number of hydrogen-bond acceptors (Lipinski definition) is 3. The molecule has 1 aromatic heterocycles. The summed E-state index contributed by atoms with van der Waals surface area (Å²) in [5.74, 6) is 1.96. The molecule has 1 heterocycles. The van der Waals surface area contributed by atoms with Crippen LogP contribution in [0.15, 0.2) is 47.5 Å². The van der Waals surface area contributed by atoms with E-state index in [2.05, 4.69) is 4.98 Å². The van der Waals surface area contributed by atoms with Gasteiger partial charge in [-0.25, -0.2) is 0 Å². The molecule has 0 saturated carbocycles. The van der Waals surface area contributed by atoms with Crippen LogP contribution < -0.4 is 4.74 Å². The molecule has 1 aromatic carbocycles. The zero-order chi connectivity index (χ0) is 12.1. The maximum Gasteiger partial charge on any atom is 0.130 e. The van der Waals surface area contributed by atoms with Crippen LogP contribution in [0.2, 0.25) is 0 Å². The van der Waals surface area contributed by atoms with Crippen LogP contribution in [0, 0.1) is 0 Å². The van der Waals surface area contributed by atoms with Crippen molar-refractivity contribution in [3.8, 4) is 11.5 Å². The van der Waals surface area contributed by atoms with Crippen molar-refractivity contribution in [1.82, 2.24) is 4.98 Å². The van der Waals surface area contributed by atoms with Crippen molar-refractivity contribution in [2.75, 3.05) is 6.26 Å². The third-order valence-corrected chi connectivity index (χ3v) is 3.24. The Balaban J connectivity index is 2.13. The first-order valence-electron chi connectivity index (χ1n) is 5.14. The minimum absolute atomic E-state index is 0.391. The number of halogens is 1. The molecular formula is C13H12ClNOS. The summed E-state index contributed by atoms with van der Waals surface area (Å²) in [6.45, 7) is 0. The molecule has 0 spiro atoms. The molecule has 0 aliphatic heterocycles. The number of nitrogens with zero attached hydrogens (tertiary/aromatic N) is 1. The van der Waals surface area contributed by atoms with Crippen LogP contribution in [-0.4, -0.2) is 11.2 Å². The van der Waals surface area contributed by atoms with Crippen molar-refractivity contribution in [2.45, 2.75) is 10.8 Å². The van der Waals surface area contributed by atoms with E-state index in [1.807, 2.05) is 42.7 Å². The molecule has 2 aromatic rings. The molecule has 0 atom stereocenters. The van der Waals surface area contributed by atoms with Gasteiger partial charge in [0, 0.05) is 17.2 Å². The fraction of sp³-hybridized carbons (Fsp3) is 0.154. The van der Waals surface area contributed by atoms with E-state index in [1.54, 1.807) is 18.0 Å². The molecule has 0 N–H and O–H groups in total. The van der Waals surface area contributed by atoms with Crippen LogP contribution in [-0.2, 0) is 5.88 Å². The van der Waals surface area contributed by atoms with Gasteiger partial charge in [-0.05, 0) is 36.6 Å². The first-order chi connectivity index (χ1) is 8.31. The fourth-order valence-electron chi connectivity index (χ4n) is 1.37. The summed E-state index contributed by atoms with van der Waals surface area (Å²) >= 11 is 7.43. The standard InChI is InChI=1S/C13H12ClNOS/c1-17-13-4-2-11(3-5-13)16-12-6-7-15-10(8-12)9-14/h2-8H,9H2,1H3. The van der Waals surface area contributed by atoms with Gasteiger partial charge < -0.3 is 4.74 Å². The minimum Gasteiger partial charge on any atom is -0.457 e. The lowest BCUT2D eigenvalue weighted by Gasteiger charge is -2.06. The number of rotatable bonds is 4. The largest absolute Gasteiger partial charge is 0.457 e. The molecule has 0 unspecified atom stereocenters. The number of pyridine rings is 1. The van der Waals surface area contributed by atoms with E-state index >= 15 is 0 Å². The molecule has 0 fully saturated rings. The van der Waals surface area contributed by atoms with Gasteiger partial charge >= 0.3 is 0 Å². The third-order valence-electron chi connectivity index (χ3n) is 2.22. The number of thioether (sulfide) groups is 1. The van der Waals surface area contributed by atoms with E-state index in [9.17, 15) is 0 Å². The second kappa shape index (κ2) is 5.94. The van der Waals surface area contributed by atoms with Crippen LogP contribution in [0.4, 0.5) is 0 Å². The number of benzene rings is 1. The van der Waals surface area contributed by atoms with Gasteiger partial charge in [0.1, 0.15) is 11.5 Å². The Bertz CT molecular complexity index is 487. The molecule has 88 valence electrons. The Morgan fingerprint density at radius 1 is 1.18 bits per heavy atom. The van der Waals surface area contributed by atoms with E-state index in [4.69, 9.17) is 16.3 Å². The van der Waals surface area contributed by atoms with E-state index < -0.39 is 0 Å². The van der Waals surface area contributed by atoms with Gasteiger partial charge in [-0.2, -0.15) is 0 Å². The average Bonchev–Trinajstić information content (AvgIpc) is 2.40. The molecule has 0 aliphatic rings. The Hall–Kier alpha value is -1.19. The number of aromatic nitrogens is 1. The second-order valence-corrected chi connectivity index (χ2v) is 4.54. The summed E-state index contributed by atoms with van der Waals surface area (Å²) in [4.78, 5) is 5.33. The van der Waals surface area contributed by atoms with Gasteiger partial charge in [-0.1, -0.05) is 0 Å². The molecule has 0 aliphatic carbocycles. The van der Waals surface area contributed by atoms with E-state index in [1.165, 1.54) is 4.90 Å². The third kappa shape index (κ3) is 3.38. The van der Waals surface area contributed by atoms with Gasteiger partial charge in [0.05, 0.1) is 11.6 Å². The van der Waals surface area contributed by atoms with Crippen LogP contribution in [0.3, 0.4) is 0 Å². The summed E-state index contributed by atoms with van der Waals surface area (Å²) in [5, 5.41) is 0. The zero-order valence-corrected chi connectivity index (χ0v) is 11.0. The smallest absolute Gasteiger partial charge is 0.130 e. The van der Waals surface area contributed by atoms with E-state index in [-0.39, 0.29) is 0 Å². The van der Waals surface area contributed by atoms with Crippen molar-refractivity contribution in [3.63, 3.8) is 0 Å². The lowest BCUT2D eigenvalue weighted by Crippen LogP contribution is -1.88. The maximum atomic E-state index is 5.72. The van der Waals surface area contributed by atoms with Crippen molar-refractivity contribution >= 4 is 23.4 Å².